The van der Waals surface area contributed by atoms with Crippen LogP contribution in [-0.2, 0) is 0 Å². The van der Waals surface area contributed by atoms with Gasteiger partial charge in [-0.3, -0.25) is 4.79 Å². The Balaban J connectivity index is 2.11. The quantitative estimate of drug-likeness (QED) is 0.831. The van der Waals surface area contributed by atoms with Gasteiger partial charge < -0.3 is 15.0 Å². The summed E-state index contributed by atoms with van der Waals surface area (Å²) < 4.78 is 5.34. The highest BCUT2D eigenvalue weighted by Crippen LogP contribution is 2.31. The monoisotopic (exact) mass is 258 g/mol. The van der Waals surface area contributed by atoms with E-state index in [1.165, 1.54) is 0 Å². The summed E-state index contributed by atoms with van der Waals surface area (Å²) >= 11 is 0. The van der Waals surface area contributed by atoms with Crippen LogP contribution in [0.15, 0.2) is 18.3 Å². The molecule has 1 fully saturated rings. The van der Waals surface area contributed by atoms with Gasteiger partial charge in [-0.05, 0) is 37.9 Å². The predicted molar refractivity (Wildman–Crippen MR) is 74.9 cm³/mol. The maximum absolute atomic E-state index is 12.6. The van der Waals surface area contributed by atoms with Crippen LogP contribution in [0.2, 0.25) is 0 Å². The zero-order chi connectivity index (χ0) is 13.4. The molecule has 4 nitrogen and oxygen atoms in total. The van der Waals surface area contributed by atoms with Crippen LogP contribution in [0.5, 0.6) is 5.75 Å². The molecule has 2 N–H and O–H groups in total. The van der Waals surface area contributed by atoms with Crippen LogP contribution in [0.1, 0.15) is 28.8 Å². The number of benzene rings is 1. The molecule has 100 valence electrons. The number of Topliss-reactive ketones (excluding diaryl/α,β-unsaturated/α-hetero) is 1. The van der Waals surface area contributed by atoms with E-state index >= 15 is 0 Å². The number of H-pyrrole nitrogens is 1. The van der Waals surface area contributed by atoms with Gasteiger partial charge in [0.1, 0.15) is 5.75 Å². The van der Waals surface area contributed by atoms with E-state index in [2.05, 4.69) is 10.3 Å². The Hall–Kier alpha value is -1.81. The number of hydrogen-bond donors (Lipinski definition) is 2. The number of carbonyl (C=O) groups excluding carboxylic acids is 1. The fourth-order valence-electron chi connectivity index (χ4n) is 2.86. The van der Waals surface area contributed by atoms with Crippen molar-refractivity contribution in [1.82, 2.24) is 10.3 Å². The van der Waals surface area contributed by atoms with E-state index < -0.39 is 0 Å². The molecular formula is C15H18N2O2. The number of aromatic nitrogens is 1. The first kappa shape index (κ1) is 12.2. The molecule has 19 heavy (non-hydrogen) atoms. The summed E-state index contributed by atoms with van der Waals surface area (Å²) in [6.07, 6.45) is 3.80. The molecule has 0 radical (unpaired) electrons. The fraction of sp³-hybridized carbons (Fsp3) is 0.400. The average molecular weight is 258 g/mol. The van der Waals surface area contributed by atoms with E-state index in [-0.39, 0.29) is 11.8 Å². The van der Waals surface area contributed by atoms with Crippen LogP contribution in [0.3, 0.4) is 0 Å². The maximum atomic E-state index is 12.6. The minimum absolute atomic E-state index is 0.0374. The van der Waals surface area contributed by atoms with Crippen molar-refractivity contribution in [1.29, 1.82) is 0 Å². The van der Waals surface area contributed by atoms with Crippen LogP contribution in [0.4, 0.5) is 0 Å². The Morgan fingerprint density at radius 3 is 2.95 bits per heavy atom. The first-order valence-corrected chi connectivity index (χ1v) is 6.64. The van der Waals surface area contributed by atoms with Gasteiger partial charge in [0.15, 0.2) is 5.78 Å². The number of ketones is 1. The molecule has 1 aromatic heterocycles. The topological polar surface area (TPSA) is 54.1 Å². The molecular weight excluding hydrogens is 240 g/mol. The van der Waals surface area contributed by atoms with E-state index in [1.54, 1.807) is 7.11 Å². The van der Waals surface area contributed by atoms with Crippen molar-refractivity contribution in [3.05, 3.63) is 29.5 Å². The lowest BCUT2D eigenvalue weighted by Crippen LogP contribution is -2.30. The Labute approximate surface area is 112 Å². The van der Waals surface area contributed by atoms with E-state index in [9.17, 15) is 4.79 Å². The Morgan fingerprint density at radius 1 is 1.42 bits per heavy atom. The van der Waals surface area contributed by atoms with Crippen molar-refractivity contribution in [3.8, 4) is 5.75 Å². The minimum atomic E-state index is -0.0374. The van der Waals surface area contributed by atoms with E-state index in [0.717, 1.165) is 47.2 Å². The molecule has 0 saturated carbocycles. The Bertz CT molecular complexity index is 624. The van der Waals surface area contributed by atoms with E-state index in [0.29, 0.717) is 0 Å². The van der Waals surface area contributed by atoms with Crippen molar-refractivity contribution >= 4 is 16.7 Å². The molecule has 4 heteroatoms. The summed E-state index contributed by atoms with van der Waals surface area (Å²) in [4.78, 5) is 15.7. The zero-order valence-corrected chi connectivity index (χ0v) is 11.2. The highest BCUT2D eigenvalue weighted by molar-refractivity contribution is 6.12. The second-order valence-corrected chi connectivity index (χ2v) is 5.05. The number of nitrogens with one attached hydrogen (secondary N) is 2. The van der Waals surface area contributed by atoms with Crippen LogP contribution < -0.4 is 10.1 Å². The number of ether oxygens (including phenoxy) is 1. The molecule has 0 spiro atoms. The second-order valence-electron chi connectivity index (χ2n) is 5.05. The number of fused-ring (bicyclic) bond motifs is 1. The number of methoxy groups -OCH3 is 1. The van der Waals surface area contributed by atoms with Gasteiger partial charge in [-0.1, -0.05) is 6.07 Å². The van der Waals surface area contributed by atoms with Crippen LogP contribution in [0, 0.1) is 6.92 Å². The summed E-state index contributed by atoms with van der Waals surface area (Å²) in [7, 11) is 1.64. The van der Waals surface area contributed by atoms with Gasteiger partial charge in [-0.2, -0.15) is 0 Å². The zero-order valence-electron chi connectivity index (χ0n) is 11.2. The molecule has 2 heterocycles. The van der Waals surface area contributed by atoms with E-state index in [1.807, 2.05) is 25.3 Å². The predicted octanol–water partition coefficient (Wildman–Crippen LogP) is 2.42. The van der Waals surface area contributed by atoms with E-state index in [4.69, 9.17) is 4.74 Å². The first-order chi connectivity index (χ1) is 9.22. The third-order valence-electron chi connectivity index (χ3n) is 3.87. The Kier molecular flexibility index (Phi) is 3.03. The third-order valence-corrected chi connectivity index (χ3v) is 3.87. The average Bonchev–Trinajstić information content (AvgIpc) is 3.08. The van der Waals surface area contributed by atoms with Gasteiger partial charge in [-0.25, -0.2) is 0 Å². The summed E-state index contributed by atoms with van der Waals surface area (Å²) in [5, 5.41) is 4.25. The van der Waals surface area contributed by atoms with Gasteiger partial charge in [0.05, 0.1) is 18.7 Å². The molecule has 1 aliphatic heterocycles. The first-order valence-electron chi connectivity index (χ1n) is 6.64. The van der Waals surface area contributed by atoms with Gasteiger partial charge >= 0.3 is 0 Å². The summed E-state index contributed by atoms with van der Waals surface area (Å²) in [5.74, 6) is 0.958. The normalized spacial score (nSPS) is 18.9. The largest absolute Gasteiger partial charge is 0.495 e. The maximum Gasteiger partial charge on any atom is 0.181 e. The van der Waals surface area contributed by atoms with Gasteiger partial charge in [-0.15, -0.1) is 0 Å². The highest BCUT2D eigenvalue weighted by atomic mass is 16.5. The summed E-state index contributed by atoms with van der Waals surface area (Å²) in [6.45, 7) is 2.95. The number of aromatic amines is 1. The number of hydrogen-bond acceptors (Lipinski definition) is 3. The van der Waals surface area contributed by atoms with Crippen molar-refractivity contribution in [2.45, 2.75) is 25.8 Å². The molecule has 1 aliphatic rings. The van der Waals surface area contributed by atoms with Gasteiger partial charge in [0, 0.05) is 17.1 Å². The van der Waals surface area contributed by atoms with Crippen molar-refractivity contribution in [3.63, 3.8) is 0 Å². The molecule has 1 atom stereocenters. The van der Waals surface area contributed by atoms with Crippen LogP contribution in [0.25, 0.3) is 10.9 Å². The number of rotatable bonds is 3. The SMILES string of the molecule is COc1ccc(C)c2c(C(=O)C3CCCN3)c[nH]c12. The molecule has 1 saturated heterocycles. The molecule has 0 bridgehead atoms. The van der Waals surface area contributed by atoms with Crippen LogP contribution in [-0.4, -0.2) is 30.5 Å². The molecule has 1 unspecified atom stereocenters. The highest BCUT2D eigenvalue weighted by Gasteiger charge is 2.26. The molecule has 3 rings (SSSR count). The fourth-order valence-corrected chi connectivity index (χ4v) is 2.86. The van der Waals surface area contributed by atoms with Crippen LogP contribution >= 0.6 is 0 Å². The van der Waals surface area contributed by atoms with Crippen molar-refractivity contribution in [2.75, 3.05) is 13.7 Å². The number of carbonyl (C=O) groups is 1. The number of aryl methyl sites for hydroxylation is 1. The molecule has 2 aromatic rings. The third kappa shape index (κ3) is 1.92. The molecule has 1 aromatic carbocycles. The van der Waals surface area contributed by atoms with Crippen molar-refractivity contribution in [2.24, 2.45) is 0 Å². The minimum Gasteiger partial charge on any atom is -0.495 e. The standard InChI is InChI=1S/C15H18N2O2/c1-9-5-6-12(19-2)14-13(9)10(8-17-14)15(18)11-4-3-7-16-11/h5-6,8,11,16-17H,3-4,7H2,1-2H3. The van der Waals surface area contributed by atoms with Gasteiger partial charge in [0.25, 0.3) is 0 Å². The van der Waals surface area contributed by atoms with Crippen molar-refractivity contribution < 1.29 is 9.53 Å². The summed E-state index contributed by atoms with van der Waals surface area (Å²) in [5.41, 5.74) is 2.77. The summed E-state index contributed by atoms with van der Waals surface area (Å²) in [6, 6.07) is 3.88. The lowest BCUT2D eigenvalue weighted by Gasteiger charge is -2.09. The smallest absolute Gasteiger partial charge is 0.181 e. The molecule has 0 amide bonds. The Morgan fingerprint density at radius 2 is 2.26 bits per heavy atom. The lowest BCUT2D eigenvalue weighted by molar-refractivity contribution is 0.0954. The second kappa shape index (κ2) is 4.70. The molecule has 0 aliphatic carbocycles. The lowest BCUT2D eigenvalue weighted by atomic mass is 9.99. The van der Waals surface area contributed by atoms with Gasteiger partial charge in [0.2, 0.25) is 0 Å².